The van der Waals surface area contributed by atoms with Gasteiger partial charge in [-0.2, -0.15) is 5.26 Å². The van der Waals surface area contributed by atoms with Crippen LogP contribution in [0, 0.1) is 11.3 Å². The van der Waals surface area contributed by atoms with E-state index in [-0.39, 0.29) is 5.91 Å². The van der Waals surface area contributed by atoms with Crippen LogP contribution in [0.4, 0.5) is 5.69 Å². The van der Waals surface area contributed by atoms with Crippen LogP contribution < -0.4 is 10.1 Å². The first-order valence-corrected chi connectivity index (χ1v) is 7.69. The lowest BCUT2D eigenvalue weighted by Gasteiger charge is -2.17. The number of hydrogen-bond acceptors (Lipinski definition) is 3. The minimum Gasteiger partial charge on any atom is -0.481 e. The predicted molar refractivity (Wildman–Crippen MR) is 90.5 cm³/mol. The quantitative estimate of drug-likeness (QED) is 0.864. The van der Waals surface area contributed by atoms with Crippen molar-refractivity contribution in [3.05, 3.63) is 59.1 Å². The SMILES string of the molecule is CC[C@@H](Oc1cccc(Cl)c1)C(=O)Nc1ccc(CC#N)cc1. The summed E-state index contributed by atoms with van der Waals surface area (Å²) in [7, 11) is 0. The number of nitrogens with one attached hydrogen (secondary N) is 1. The highest BCUT2D eigenvalue weighted by molar-refractivity contribution is 6.30. The van der Waals surface area contributed by atoms with Crippen molar-refractivity contribution >= 4 is 23.2 Å². The maximum Gasteiger partial charge on any atom is 0.265 e. The molecule has 0 aliphatic rings. The number of carbonyl (C=O) groups is 1. The van der Waals surface area contributed by atoms with E-state index in [0.717, 1.165) is 5.56 Å². The highest BCUT2D eigenvalue weighted by atomic mass is 35.5. The Morgan fingerprint density at radius 2 is 2.04 bits per heavy atom. The number of anilines is 1. The van der Waals surface area contributed by atoms with E-state index in [1.165, 1.54) is 0 Å². The van der Waals surface area contributed by atoms with Gasteiger partial charge in [0.15, 0.2) is 6.10 Å². The number of rotatable bonds is 6. The van der Waals surface area contributed by atoms with Crippen LogP contribution in [0.3, 0.4) is 0 Å². The van der Waals surface area contributed by atoms with Crippen LogP contribution in [0.25, 0.3) is 0 Å². The van der Waals surface area contributed by atoms with Gasteiger partial charge < -0.3 is 10.1 Å². The number of hydrogen-bond donors (Lipinski definition) is 1. The van der Waals surface area contributed by atoms with E-state index in [0.29, 0.717) is 29.3 Å². The van der Waals surface area contributed by atoms with Crippen LogP contribution in [-0.2, 0) is 11.2 Å². The molecular formula is C18H17ClN2O2. The number of nitrogens with zero attached hydrogens (tertiary/aromatic N) is 1. The average Bonchev–Trinajstić information content (AvgIpc) is 2.54. The zero-order chi connectivity index (χ0) is 16.7. The lowest BCUT2D eigenvalue weighted by Crippen LogP contribution is -2.32. The van der Waals surface area contributed by atoms with E-state index in [9.17, 15) is 4.79 Å². The molecule has 0 saturated carbocycles. The van der Waals surface area contributed by atoms with Crippen LogP contribution in [-0.4, -0.2) is 12.0 Å². The second-order valence-corrected chi connectivity index (χ2v) is 5.43. The minimum absolute atomic E-state index is 0.222. The first-order valence-electron chi connectivity index (χ1n) is 7.31. The molecule has 2 aromatic carbocycles. The van der Waals surface area contributed by atoms with Crippen LogP contribution >= 0.6 is 11.6 Å². The molecule has 1 atom stereocenters. The molecule has 1 N–H and O–H groups in total. The lowest BCUT2D eigenvalue weighted by molar-refractivity contribution is -0.122. The Balaban J connectivity index is 2.01. The van der Waals surface area contributed by atoms with Crippen LogP contribution in [0.1, 0.15) is 18.9 Å². The van der Waals surface area contributed by atoms with E-state index >= 15 is 0 Å². The Morgan fingerprint density at radius 3 is 2.65 bits per heavy atom. The summed E-state index contributed by atoms with van der Waals surface area (Å²) in [6, 6.07) is 16.2. The molecule has 1 amide bonds. The van der Waals surface area contributed by atoms with E-state index in [1.54, 1.807) is 36.4 Å². The summed E-state index contributed by atoms with van der Waals surface area (Å²) in [4.78, 5) is 12.3. The maximum absolute atomic E-state index is 12.3. The summed E-state index contributed by atoms with van der Waals surface area (Å²) in [5.41, 5.74) is 1.58. The van der Waals surface area contributed by atoms with Crippen LogP contribution in [0.15, 0.2) is 48.5 Å². The third-order valence-corrected chi connectivity index (χ3v) is 3.48. The molecular weight excluding hydrogens is 312 g/mol. The standard InChI is InChI=1S/C18H17ClN2O2/c1-2-17(23-16-5-3-4-14(19)12-16)18(22)21-15-8-6-13(7-9-15)10-11-20/h3-9,12,17H,2,10H2,1H3,(H,21,22)/t17-/m1/s1. The average molecular weight is 329 g/mol. The Bertz CT molecular complexity index is 708. The molecule has 0 aliphatic carbocycles. The first-order chi connectivity index (χ1) is 11.1. The van der Waals surface area contributed by atoms with Crippen molar-refractivity contribution in [2.24, 2.45) is 0 Å². The Kier molecular flexibility index (Phi) is 6.02. The normalized spacial score (nSPS) is 11.3. The second-order valence-electron chi connectivity index (χ2n) is 4.99. The molecule has 2 rings (SSSR count). The number of halogens is 1. The topological polar surface area (TPSA) is 62.1 Å². The molecule has 2 aromatic rings. The van der Waals surface area contributed by atoms with Gasteiger partial charge in [-0.1, -0.05) is 36.7 Å². The molecule has 0 saturated heterocycles. The van der Waals surface area contributed by atoms with Gasteiger partial charge in [0.05, 0.1) is 12.5 Å². The number of amides is 1. The van der Waals surface area contributed by atoms with Crippen molar-refractivity contribution in [2.75, 3.05) is 5.32 Å². The molecule has 0 radical (unpaired) electrons. The Labute approximate surface area is 140 Å². The van der Waals surface area contributed by atoms with Gasteiger partial charge in [0.25, 0.3) is 5.91 Å². The maximum atomic E-state index is 12.3. The summed E-state index contributed by atoms with van der Waals surface area (Å²) in [6.07, 6.45) is 0.279. The van der Waals surface area contributed by atoms with E-state index < -0.39 is 6.10 Å². The first kappa shape index (κ1) is 16.9. The van der Waals surface area contributed by atoms with Gasteiger partial charge in [-0.15, -0.1) is 0 Å². The van der Waals surface area contributed by atoms with Crippen molar-refractivity contribution in [2.45, 2.75) is 25.9 Å². The van der Waals surface area contributed by atoms with Gasteiger partial charge in [0.1, 0.15) is 5.75 Å². The van der Waals surface area contributed by atoms with Gasteiger partial charge in [-0.05, 0) is 42.3 Å². The summed E-state index contributed by atoms with van der Waals surface area (Å²) in [5, 5.41) is 12.0. The smallest absolute Gasteiger partial charge is 0.265 e. The Morgan fingerprint density at radius 1 is 1.30 bits per heavy atom. The predicted octanol–water partition coefficient (Wildman–Crippen LogP) is 4.20. The van der Waals surface area contributed by atoms with Crippen molar-refractivity contribution in [3.63, 3.8) is 0 Å². The van der Waals surface area contributed by atoms with Crippen molar-refractivity contribution in [1.29, 1.82) is 5.26 Å². The van der Waals surface area contributed by atoms with Gasteiger partial charge >= 0.3 is 0 Å². The molecule has 0 unspecified atom stereocenters. The fraction of sp³-hybridized carbons (Fsp3) is 0.222. The minimum atomic E-state index is -0.604. The van der Waals surface area contributed by atoms with Gasteiger partial charge in [0.2, 0.25) is 0 Å². The zero-order valence-electron chi connectivity index (χ0n) is 12.8. The molecule has 0 aromatic heterocycles. The lowest BCUT2D eigenvalue weighted by atomic mass is 10.1. The van der Waals surface area contributed by atoms with Crippen molar-refractivity contribution in [3.8, 4) is 11.8 Å². The summed E-state index contributed by atoms with van der Waals surface area (Å²) < 4.78 is 5.70. The molecule has 0 spiro atoms. The summed E-state index contributed by atoms with van der Waals surface area (Å²) in [6.45, 7) is 1.88. The van der Waals surface area contributed by atoms with Crippen molar-refractivity contribution in [1.82, 2.24) is 0 Å². The van der Waals surface area contributed by atoms with E-state index in [4.69, 9.17) is 21.6 Å². The number of carbonyl (C=O) groups excluding carboxylic acids is 1. The molecule has 0 heterocycles. The molecule has 0 fully saturated rings. The summed E-state index contributed by atoms with van der Waals surface area (Å²) in [5.74, 6) is 0.337. The van der Waals surface area contributed by atoms with E-state index in [1.807, 2.05) is 19.1 Å². The van der Waals surface area contributed by atoms with Gasteiger partial charge in [0, 0.05) is 10.7 Å². The van der Waals surface area contributed by atoms with Crippen molar-refractivity contribution < 1.29 is 9.53 Å². The number of ether oxygens (including phenoxy) is 1. The second kappa shape index (κ2) is 8.21. The molecule has 4 nitrogen and oxygen atoms in total. The molecule has 23 heavy (non-hydrogen) atoms. The molecule has 0 bridgehead atoms. The monoisotopic (exact) mass is 328 g/mol. The number of benzene rings is 2. The van der Waals surface area contributed by atoms with Crippen LogP contribution in [0.5, 0.6) is 5.75 Å². The fourth-order valence-electron chi connectivity index (χ4n) is 2.05. The highest BCUT2D eigenvalue weighted by Gasteiger charge is 2.18. The van der Waals surface area contributed by atoms with Gasteiger partial charge in [-0.3, -0.25) is 4.79 Å². The largest absolute Gasteiger partial charge is 0.481 e. The summed E-state index contributed by atoms with van der Waals surface area (Å²) >= 11 is 5.92. The number of nitriles is 1. The van der Waals surface area contributed by atoms with Gasteiger partial charge in [-0.25, -0.2) is 0 Å². The molecule has 5 heteroatoms. The third-order valence-electron chi connectivity index (χ3n) is 3.24. The molecule has 118 valence electrons. The third kappa shape index (κ3) is 5.01. The fourth-order valence-corrected chi connectivity index (χ4v) is 2.23. The zero-order valence-corrected chi connectivity index (χ0v) is 13.5. The van der Waals surface area contributed by atoms with Crippen LogP contribution in [0.2, 0.25) is 5.02 Å². The van der Waals surface area contributed by atoms with E-state index in [2.05, 4.69) is 11.4 Å². The highest BCUT2D eigenvalue weighted by Crippen LogP contribution is 2.20. The Hall–Kier alpha value is -2.51. The molecule has 0 aliphatic heterocycles.